The van der Waals surface area contributed by atoms with Crippen molar-refractivity contribution in [1.29, 1.82) is 0 Å². The summed E-state index contributed by atoms with van der Waals surface area (Å²) in [6, 6.07) is 0. The molecule has 1 aliphatic rings. The van der Waals surface area contributed by atoms with E-state index in [0.717, 1.165) is 25.9 Å². The molecule has 1 atom stereocenters. The van der Waals surface area contributed by atoms with Crippen LogP contribution in [-0.2, 0) is 4.74 Å². The van der Waals surface area contributed by atoms with Gasteiger partial charge in [-0.15, -0.1) is 0 Å². The zero-order valence-corrected chi connectivity index (χ0v) is 8.63. The molecule has 0 bridgehead atoms. The molecule has 1 fully saturated rings. The lowest BCUT2D eigenvalue weighted by Crippen LogP contribution is -2.38. The van der Waals surface area contributed by atoms with Crippen LogP contribution < -0.4 is 0 Å². The predicted octanol–water partition coefficient (Wildman–Crippen LogP) is 1.02. The lowest BCUT2D eigenvalue weighted by Gasteiger charge is -2.29. The lowest BCUT2D eigenvalue weighted by atomic mass is 10.1. The van der Waals surface area contributed by atoms with Crippen molar-refractivity contribution in [1.82, 2.24) is 4.90 Å². The average Bonchev–Trinajstić information content (AvgIpc) is 2.15. The molecular weight excluding hydrogens is 211 g/mol. The number of piperidine rings is 1. The molecule has 1 unspecified atom stereocenters. The summed E-state index contributed by atoms with van der Waals surface area (Å²) in [5.41, 5.74) is 0. The first-order valence-electron chi connectivity index (χ1n) is 4.94. The van der Waals surface area contributed by atoms with E-state index in [1.54, 1.807) is 0 Å². The summed E-state index contributed by atoms with van der Waals surface area (Å²) in [7, 11) is 1.96. The van der Waals surface area contributed by atoms with E-state index in [4.69, 9.17) is 9.84 Å². The second kappa shape index (κ2) is 5.14. The Morgan fingerprint density at radius 3 is 2.40 bits per heavy atom. The Morgan fingerprint density at radius 2 is 1.93 bits per heavy atom. The van der Waals surface area contributed by atoms with Crippen molar-refractivity contribution in [3.05, 3.63) is 0 Å². The number of likely N-dealkylation sites (tertiary alicyclic amines) is 1. The van der Waals surface area contributed by atoms with Crippen LogP contribution in [0.4, 0.5) is 13.2 Å². The lowest BCUT2D eigenvalue weighted by molar-refractivity contribution is -0.222. The van der Waals surface area contributed by atoms with Gasteiger partial charge in [0.2, 0.25) is 0 Å². The van der Waals surface area contributed by atoms with Gasteiger partial charge in [0, 0.05) is 13.1 Å². The highest BCUT2D eigenvalue weighted by atomic mass is 19.4. The van der Waals surface area contributed by atoms with Gasteiger partial charge < -0.3 is 14.7 Å². The van der Waals surface area contributed by atoms with E-state index in [1.807, 2.05) is 7.05 Å². The van der Waals surface area contributed by atoms with Crippen molar-refractivity contribution in [2.75, 3.05) is 26.7 Å². The number of rotatable bonds is 3. The molecule has 15 heavy (non-hydrogen) atoms. The minimum absolute atomic E-state index is 0.154. The summed E-state index contributed by atoms with van der Waals surface area (Å²) in [4.78, 5) is 2.10. The summed E-state index contributed by atoms with van der Waals surface area (Å²) in [5, 5.41) is 8.71. The van der Waals surface area contributed by atoms with E-state index < -0.39 is 18.9 Å². The van der Waals surface area contributed by atoms with Crippen molar-refractivity contribution < 1.29 is 23.0 Å². The zero-order valence-electron chi connectivity index (χ0n) is 8.63. The topological polar surface area (TPSA) is 32.7 Å². The minimum Gasteiger partial charge on any atom is -0.382 e. The van der Waals surface area contributed by atoms with Crippen molar-refractivity contribution >= 4 is 0 Å². The van der Waals surface area contributed by atoms with Crippen LogP contribution in [0.5, 0.6) is 0 Å². The zero-order chi connectivity index (χ0) is 11.5. The Kier molecular flexibility index (Phi) is 4.36. The fourth-order valence-corrected chi connectivity index (χ4v) is 1.47. The standard InChI is InChI=1S/C9H16F3NO2/c1-13-4-2-7(3-5-13)15-6-8(14)9(10,11)12/h7-8,14H,2-6H2,1H3. The van der Waals surface area contributed by atoms with Gasteiger partial charge in [0.1, 0.15) is 0 Å². The predicted molar refractivity (Wildman–Crippen MR) is 48.5 cm³/mol. The van der Waals surface area contributed by atoms with Crippen LogP contribution in [0.2, 0.25) is 0 Å². The SMILES string of the molecule is CN1CCC(OCC(O)C(F)(F)F)CC1. The first-order chi connectivity index (χ1) is 6.89. The summed E-state index contributed by atoms with van der Waals surface area (Å²) in [5.74, 6) is 0. The maximum atomic E-state index is 11.9. The minimum atomic E-state index is -4.58. The highest BCUT2D eigenvalue weighted by molar-refractivity contribution is 4.71. The molecule has 0 saturated carbocycles. The van der Waals surface area contributed by atoms with Gasteiger partial charge in [0.15, 0.2) is 6.10 Å². The molecule has 1 rings (SSSR count). The van der Waals surface area contributed by atoms with Crippen LogP contribution in [0.3, 0.4) is 0 Å². The quantitative estimate of drug-likeness (QED) is 0.781. The highest BCUT2D eigenvalue weighted by Gasteiger charge is 2.38. The highest BCUT2D eigenvalue weighted by Crippen LogP contribution is 2.21. The maximum Gasteiger partial charge on any atom is 0.416 e. The van der Waals surface area contributed by atoms with Crippen LogP contribution >= 0.6 is 0 Å². The normalized spacial score (nSPS) is 23.0. The van der Waals surface area contributed by atoms with E-state index in [-0.39, 0.29) is 6.10 Å². The van der Waals surface area contributed by atoms with E-state index in [9.17, 15) is 13.2 Å². The Labute approximate surface area is 86.8 Å². The largest absolute Gasteiger partial charge is 0.416 e. The maximum absolute atomic E-state index is 11.9. The van der Waals surface area contributed by atoms with Gasteiger partial charge in [-0.2, -0.15) is 13.2 Å². The van der Waals surface area contributed by atoms with Crippen molar-refractivity contribution in [2.24, 2.45) is 0 Å². The molecule has 0 spiro atoms. The smallest absolute Gasteiger partial charge is 0.382 e. The molecule has 90 valence electrons. The number of hydrogen-bond acceptors (Lipinski definition) is 3. The van der Waals surface area contributed by atoms with Crippen LogP contribution in [0.1, 0.15) is 12.8 Å². The molecule has 0 amide bonds. The third-order valence-electron chi connectivity index (χ3n) is 2.53. The molecule has 1 saturated heterocycles. The Hall–Kier alpha value is -0.330. The number of alkyl halides is 3. The third-order valence-corrected chi connectivity index (χ3v) is 2.53. The number of aliphatic hydroxyl groups is 1. The van der Waals surface area contributed by atoms with Gasteiger partial charge in [-0.3, -0.25) is 0 Å². The van der Waals surface area contributed by atoms with Crippen molar-refractivity contribution in [3.63, 3.8) is 0 Å². The molecule has 0 aliphatic carbocycles. The van der Waals surface area contributed by atoms with Gasteiger partial charge in [0.05, 0.1) is 12.7 Å². The second-order valence-electron chi connectivity index (χ2n) is 3.89. The second-order valence-corrected chi connectivity index (χ2v) is 3.89. The fraction of sp³-hybridized carbons (Fsp3) is 1.00. The van der Waals surface area contributed by atoms with Crippen molar-refractivity contribution in [3.8, 4) is 0 Å². The van der Waals surface area contributed by atoms with Gasteiger partial charge in [-0.1, -0.05) is 0 Å². The third kappa shape index (κ3) is 4.36. The van der Waals surface area contributed by atoms with Gasteiger partial charge in [0.25, 0.3) is 0 Å². The molecule has 1 N–H and O–H groups in total. The van der Waals surface area contributed by atoms with Gasteiger partial charge >= 0.3 is 6.18 Å². The first kappa shape index (κ1) is 12.7. The molecule has 3 nitrogen and oxygen atoms in total. The molecule has 0 aromatic heterocycles. The molecule has 0 aromatic rings. The number of ether oxygens (including phenoxy) is 1. The monoisotopic (exact) mass is 227 g/mol. The number of aliphatic hydroxyl groups excluding tert-OH is 1. The summed E-state index contributed by atoms with van der Waals surface area (Å²) in [6.07, 6.45) is -5.65. The molecule has 1 heterocycles. The van der Waals surface area contributed by atoms with Crippen LogP contribution in [-0.4, -0.2) is 55.1 Å². The Morgan fingerprint density at radius 1 is 1.40 bits per heavy atom. The van der Waals surface area contributed by atoms with Crippen LogP contribution in [0.15, 0.2) is 0 Å². The Bertz CT molecular complexity index is 190. The molecule has 6 heteroatoms. The average molecular weight is 227 g/mol. The molecule has 0 aromatic carbocycles. The number of halogens is 3. The van der Waals surface area contributed by atoms with E-state index in [0.29, 0.717) is 0 Å². The van der Waals surface area contributed by atoms with Crippen LogP contribution in [0, 0.1) is 0 Å². The first-order valence-corrected chi connectivity index (χ1v) is 4.94. The van der Waals surface area contributed by atoms with Crippen LogP contribution in [0.25, 0.3) is 0 Å². The van der Waals surface area contributed by atoms with E-state index >= 15 is 0 Å². The molecule has 1 aliphatic heterocycles. The molecule has 0 radical (unpaired) electrons. The summed E-state index contributed by atoms with van der Waals surface area (Å²) < 4.78 is 40.8. The van der Waals surface area contributed by atoms with E-state index in [2.05, 4.69) is 4.90 Å². The molecular formula is C9H16F3NO2. The summed E-state index contributed by atoms with van der Waals surface area (Å²) in [6.45, 7) is 0.997. The Balaban J connectivity index is 2.20. The number of nitrogens with zero attached hydrogens (tertiary/aromatic N) is 1. The van der Waals surface area contributed by atoms with Crippen molar-refractivity contribution in [2.45, 2.75) is 31.2 Å². The summed E-state index contributed by atoms with van der Waals surface area (Å²) >= 11 is 0. The van der Waals surface area contributed by atoms with E-state index in [1.165, 1.54) is 0 Å². The fourth-order valence-electron chi connectivity index (χ4n) is 1.47. The van der Waals surface area contributed by atoms with Gasteiger partial charge in [-0.05, 0) is 19.9 Å². The van der Waals surface area contributed by atoms with Gasteiger partial charge in [-0.25, -0.2) is 0 Å². The number of hydrogen-bond donors (Lipinski definition) is 1.